The van der Waals surface area contributed by atoms with E-state index in [0.29, 0.717) is 11.4 Å². The number of fused-ring (bicyclic) bond motifs is 1. The number of carbonyl (C=O) groups excluding carboxylic acids is 2. The fourth-order valence-corrected chi connectivity index (χ4v) is 7.04. The summed E-state index contributed by atoms with van der Waals surface area (Å²) in [4.78, 5) is 28.0. The minimum atomic E-state index is -1.87. The summed E-state index contributed by atoms with van der Waals surface area (Å²) >= 11 is 0. The third kappa shape index (κ3) is 8.26. The minimum Gasteiger partial charge on any atom is -0.465 e. The predicted octanol–water partition coefficient (Wildman–Crippen LogP) is 9.53. The maximum Gasteiger partial charge on any atom is 0.421 e. The number of para-hydroxylation sites is 2. The summed E-state index contributed by atoms with van der Waals surface area (Å²) in [6.45, 7) is 8.15. The molecule has 1 amide bonds. The van der Waals surface area contributed by atoms with Crippen molar-refractivity contribution in [1.82, 2.24) is 0 Å². The highest BCUT2D eigenvalue weighted by molar-refractivity contribution is 6.83. The van der Waals surface area contributed by atoms with Gasteiger partial charge in [0, 0.05) is 18.4 Å². The summed E-state index contributed by atoms with van der Waals surface area (Å²) < 4.78 is 18.9. The number of carbonyl (C=O) groups is 2. The highest BCUT2D eigenvalue weighted by atomic mass is 28.3. The van der Waals surface area contributed by atoms with E-state index >= 15 is 0 Å². The fraction of sp³-hybridized carbons (Fsp3) is 0.200. The van der Waals surface area contributed by atoms with E-state index in [-0.39, 0.29) is 13.2 Å². The van der Waals surface area contributed by atoms with Crippen LogP contribution in [0.1, 0.15) is 29.2 Å². The molecule has 1 aliphatic rings. The number of esters is 1. The van der Waals surface area contributed by atoms with Crippen LogP contribution in [-0.4, -0.2) is 39.4 Å². The molecule has 1 aliphatic heterocycles. The number of amides is 1. The van der Waals surface area contributed by atoms with Gasteiger partial charge >= 0.3 is 12.1 Å². The molecular formula is C45H43NO5Si. The third-order valence-corrected chi connectivity index (χ3v) is 9.69. The molecule has 1 heterocycles. The molecule has 0 saturated carbocycles. The van der Waals surface area contributed by atoms with Crippen molar-refractivity contribution in [1.29, 1.82) is 0 Å². The van der Waals surface area contributed by atoms with Crippen LogP contribution in [0.3, 0.4) is 0 Å². The Morgan fingerprint density at radius 1 is 0.712 bits per heavy atom. The predicted molar refractivity (Wildman–Crippen MR) is 210 cm³/mol. The number of benzene rings is 5. The summed E-state index contributed by atoms with van der Waals surface area (Å²) in [6, 6.07) is 46.6. The Morgan fingerprint density at radius 3 is 1.73 bits per heavy atom. The van der Waals surface area contributed by atoms with E-state index in [1.807, 2.05) is 103 Å². The molecule has 0 spiro atoms. The summed E-state index contributed by atoms with van der Waals surface area (Å²) in [6.07, 6.45) is 1.47. The number of hydrogen-bond donors (Lipinski definition) is 0. The van der Waals surface area contributed by atoms with Gasteiger partial charge in [0.2, 0.25) is 0 Å². The van der Waals surface area contributed by atoms with E-state index in [0.717, 1.165) is 27.8 Å². The van der Waals surface area contributed by atoms with Crippen molar-refractivity contribution in [2.24, 2.45) is 5.92 Å². The zero-order chi connectivity index (χ0) is 36.6. The largest absolute Gasteiger partial charge is 0.465 e. The maximum atomic E-state index is 14.0. The SMILES string of the molecule is CC(=O)OC[C@@H](COC(c1ccccc1)(c1ccccc1)c1ccccc1)C1=C[C@H](C#C[Si](C)(C)C)N(C(=O)Oc2ccccc2)c2ccccc21. The first-order valence-corrected chi connectivity index (χ1v) is 21.0. The Morgan fingerprint density at radius 2 is 1.21 bits per heavy atom. The van der Waals surface area contributed by atoms with E-state index < -0.39 is 37.7 Å². The number of rotatable bonds is 10. The summed E-state index contributed by atoms with van der Waals surface area (Å²) in [5.74, 6) is 3.05. The molecular weight excluding hydrogens is 663 g/mol. The number of ether oxygens (including phenoxy) is 3. The first-order chi connectivity index (χ1) is 25.2. The van der Waals surface area contributed by atoms with Gasteiger partial charge in [-0.25, -0.2) is 4.79 Å². The molecule has 0 bridgehead atoms. The van der Waals surface area contributed by atoms with E-state index in [2.05, 4.69) is 67.5 Å². The topological polar surface area (TPSA) is 65.1 Å². The molecule has 52 heavy (non-hydrogen) atoms. The lowest BCUT2D eigenvalue weighted by atomic mass is 9.79. The van der Waals surface area contributed by atoms with Crippen LogP contribution in [0, 0.1) is 17.4 Å². The van der Waals surface area contributed by atoms with Gasteiger partial charge in [-0.1, -0.05) is 153 Å². The van der Waals surface area contributed by atoms with Crippen LogP contribution in [0.2, 0.25) is 19.6 Å². The van der Waals surface area contributed by atoms with Crippen molar-refractivity contribution in [3.8, 4) is 17.2 Å². The monoisotopic (exact) mass is 705 g/mol. The second-order valence-corrected chi connectivity index (χ2v) is 18.5. The quantitative estimate of drug-likeness (QED) is 0.0627. The summed E-state index contributed by atoms with van der Waals surface area (Å²) in [7, 11) is -1.87. The van der Waals surface area contributed by atoms with Crippen LogP contribution < -0.4 is 9.64 Å². The lowest BCUT2D eigenvalue weighted by Gasteiger charge is -2.39. The Kier molecular flexibility index (Phi) is 11.2. The van der Waals surface area contributed by atoms with Crippen LogP contribution in [0.4, 0.5) is 10.5 Å². The lowest BCUT2D eigenvalue weighted by molar-refractivity contribution is -0.142. The van der Waals surface area contributed by atoms with Gasteiger partial charge in [0.25, 0.3) is 0 Å². The van der Waals surface area contributed by atoms with Crippen molar-refractivity contribution in [3.63, 3.8) is 0 Å². The van der Waals surface area contributed by atoms with Gasteiger partial charge in [-0.3, -0.25) is 9.69 Å². The van der Waals surface area contributed by atoms with Gasteiger partial charge in [-0.2, -0.15) is 0 Å². The Hall–Kier alpha value is -5.68. The van der Waals surface area contributed by atoms with E-state index in [4.69, 9.17) is 14.2 Å². The molecule has 0 unspecified atom stereocenters. The van der Waals surface area contributed by atoms with Gasteiger partial charge < -0.3 is 14.2 Å². The van der Waals surface area contributed by atoms with Crippen LogP contribution in [0.5, 0.6) is 5.75 Å². The second-order valence-electron chi connectivity index (χ2n) is 13.7. The molecule has 262 valence electrons. The van der Waals surface area contributed by atoms with E-state index in [1.54, 1.807) is 17.0 Å². The van der Waals surface area contributed by atoms with Gasteiger partial charge in [0.05, 0.1) is 12.3 Å². The molecule has 2 atom stereocenters. The fourth-order valence-electron chi connectivity index (χ4n) is 6.45. The molecule has 5 aromatic rings. The molecule has 6 nitrogen and oxygen atoms in total. The first-order valence-electron chi connectivity index (χ1n) is 17.5. The van der Waals surface area contributed by atoms with Crippen molar-refractivity contribution in [2.45, 2.75) is 38.2 Å². The number of anilines is 1. The van der Waals surface area contributed by atoms with Crippen LogP contribution in [-0.2, 0) is 19.9 Å². The average Bonchev–Trinajstić information content (AvgIpc) is 3.16. The average molecular weight is 706 g/mol. The van der Waals surface area contributed by atoms with Gasteiger partial charge in [0.1, 0.15) is 32.1 Å². The zero-order valence-electron chi connectivity index (χ0n) is 30.0. The van der Waals surface area contributed by atoms with Crippen LogP contribution in [0.25, 0.3) is 5.57 Å². The highest BCUT2D eigenvalue weighted by Crippen LogP contribution is 2.43. The molecule has 7 heteroatoms. The number of nitrogens with zero attached hydrogens (tertiary/aromatic N) is 1. The van der Waals surface area contributed by atoms with E-state index in [1.165, 1.54) is 6.92 Å². The Bertz CT molecular complexity index is 1970. The summed E-state index contributed by atoms with van der Waals surface area (Å²) in [5, 5.41) is 0. The summed E-state index contributed by atoms with van der Waals surface area (Å²) in [5.41, 5.74) is 7.72. The Balaban J connectivity index is 1.48. The molecule has 0 fully saturated rings. The Labute approximate surface area is 307 Å². The van der Waals surface area contributed by atoms with Gasteiger partial charge in [-0.05, 0) is 46.5 Å². The third-order valence-electron chi connectivity index (χ3n) is 8.80. The standard InChI is InChI=1S/C45H43NO5Si/c1-34(47)49-32-35(33-50-45(36-19-9-5-10-20-36,37-21-11-6-12-22-37)38-23-13-7-14-24-38)42-31-39(29-30-52(2,3)4)46(43-28-18-17-27-41(42)43)44(48)51-40-25-15-8-16-26-40/h5-28,31,35,39H,32-33H2,1-4H3/t35-,39-/m0/s1. The molecule has 0 radical (unpaired) electrons. The maximum absolute atomic E-state index is 14.0. The molecule has 5 aromatic carbocycles. The first kappa shape index (κ1) is 36.1. The van der Waals surface area contributed by atoms with Crippen molar-refractivity contribution < 1.29 is 23.8 Å². The molecule has 6 rings (SSSR count). The van der Waals surface area contributed by atoms with Crippen molar-refractivity contribution in [3.05, 3.63) is 174 Å². The molecule has 0 aromatic heterocycles. The van der Waals surface area contributed by atoms with Crippen molar-refractivity contribution >= 4 is 31.4 Å². The molecule has 0 saturated heterocycles. The van der Waals surface area contributed by atoms with Crippen LogP contribution >= 0.6 is 0 Å². The zero-order valence-corrected chi connectivity index (χ0v) is 31.0. The smallest absolute Gasteiger partial charge is 0.421 e. The molecule has 0 aliphatic carbocycles. The lowest BCUT2D eigenvalue weighted by Crippen LogP contribution is -2.44. The minimum absolute atomic E-state index is 0.0621. The van der Waals surface area contributed by atoms with E-state index in [9.17, 15) is 9.59 Å². The molecule has 0 N–H and O–H groups in total. The highest BCUT2D eigenvalue weighted by Gasteiger charge is 2.40. The normalized spacial score (nSPS) is 14.6. The number of hydrogen-bond acceptors (Lipinski definition) is 5. The second kappa shape index (κ2) is 16.1. The van der Waals surface area contributed by atoms with Gasteiger partial charge in [0.15, 0.2) is 0 Å². The van der Waals surface area contributed by atoms with Gasteiger partial charge in [-0.15, -0.1) is 5.54 Å². The van der Waals surface area contributed by atoms with Crippen molar-refractivity contribution in [2.75, 3.05) is 18.1 Å². The van der Waals surface area contributed by atoms with Crippen LogP contribution in [0.15, 0.2) is 152 Å².